The lowest BCUT2D eigenvalue weighted by molar-refractivity contribution is -0.0756. The van der Waals surface area contributed by atoms with Gasteiger partial charge in [-0.1, -0.05) is 53.7 Å². The van der Waals surface area contributed by atoms with Gasteiger partial charge >= 0.3 is 12.2 Å². The average Bonchev–Trinajstić information content (AvgIpc) is 3.00. The third-order valence-corrected chi connectivity index (χ3v) is 13.7. The topological polar surface area (TPSA) is 105 Å². The highest BCUT2D eigenvalue weighted by Crippen LogP contribution is 2.55. The molecule has 2 heterocycles. The summed E-state index contributed by atoms with van der Waals surface area (Å²) >= 11 is 0. The van der Waals surface area contributed by atoms with Crippen LogP contribution in [0, 0.1) is 11.8 Å². The largest absolute Gasteiger partial charge is 0.465 e. The van der Waals surface area contributed by atoms with Crippen LogP contribution in [0.4, 0.5) is 9.59 Å². The van der Waals surface area contributed by atoms with E-state index in [4.69, 9.17) is 0 Å². The van der Waals surface area contributed by atoms with Gasteiger partial charge in [0.2, 0.25) is 0 Å². The van der Waals surface area contributed by atoms with Crippen molar-refractivity contribution in [3.05, 3.63) is 34.4 Å². The van der Waals surface area contributed by atoms with Gasteiger partial charge < -0.3 is 20.8 Å². The van der Waals surface area contributed by atoms with Crippen LogP contribution in [-0.2, 0) is 13.1 Å². The molecule has 0 aliphatic carbocycles. The molecule has 44 heavy (non-hydrogen) atoms. The Kier molecular flexibility index (Phi) is 10.8. The maximum Gasteiger partial charge on any atom is 0.404 e. The van der Waals surface area contributed by atoms with Crippen LogP contribution in [0.3, 0.4) is 0 Å². The number of hydrogen-bond donors (Lipinski definition) is 4. The highest BCUT2D eigenvalue weighted by molar-refractivity contribution is 5.65. The molecule has 8 atom stereocenters. The number of carboxylic acid groups (broad SMARTS) is 2. The first-order valence-electron chi connectivity index (χ1n) is 17.0. The second-order valence-electron chi connectivity index (χ2n) is 15.0. The Hall–Kier alpha value is -2.32. The van der Waals surface area contributed by atoms with Crippen molar-refractivity contribution in [2.24, 2.45) is 11.8 Å². The van der Waals surface area contributed by atoms with Crippen LogP contribution in [0.1, 0.15) is 142 Å². The summed E-state index contributed by atoms with van der Waals surface area (Å²) in [5, 5.41) is 24.9. The quantitative estimate of drug-likeness (QED) is 0.213. The predicted octanol–water partition coefficient (Wildman–Crippen LogP) is 8.01. The fourth-order valence-electron chi connectivity index (χ4n) is 9.12. The number of piperidine rings is 2. The van der Waals surface area contributed by atoms with Gasteiger partial charge in [0.05, 0.1) is 0 Å². The van der Waals surface area contributed by atoms with Crippen LogP contribution in [0.25, 0.3) is 0 Å². The van der Waals surface area contributed by atoms with Crippen molar-refractivity contribution in [1.29, 1.82) is 0 Å². The smallest absolute Gasteiger partial charge is 0.404 e. The van der Waals surface area contributed by atoms with Gasteiger partial charge in [0.15, 0.2) is 0 Å². The molecule has 0 spiro atoms. The first-order chi connectivity index (χ1) is 20.4. The van der Waals surface area contributed by atoms with Gasteiger partial charge in [-0.05, 0) is 126 Å². The van der Waals surface area contributed by atoms with Crippen LogP contribution < -0.4 is 10.6 Å². The standard InChI is InChI=1S/C36H62N4O4/c1-13-33(7)19-27(23(5)35(9,15-3)39(33)11)26-18-17-25(21-37-31(41)42)30(29(26)22-38-32(43)44)28-20-34(8,14-2)40(12)36(10,16-4)24(28)6/h17-18,23-24,27-28,37-38H,13-16,19-22H2,1-12H3,(H,41,42)(H,43,44). The van der Waals surface area contributed by atoms with Crippen LogP contribution in [0.2, 0.25) is 0 Å². The molecule has 3 rings (SSSR count). The number of carbonyl (C=O) groups is 2. The van der Waals surface area contributed by atoms with E-state index in [1.54, 1.807) is 0 Å². The summed E-state index contributed by atoms with van der Waals surface area (Å²) in [5.74, 6) is 0.946. The summed E-state index contributed by atoms with van der Waals surface area (Å²) in [6, 6.07) is 4.33. The Bertz CT molecular complexity index is 1210. The Labute approximate surface area is 267 Å². The number of likely N-dealkylation sites (tertiary alicyclic amines) is 2. The molecule has 2 aliphatic heterocycles. The molecule has 2 saturated heterocycles. The lowest BCUT2D eigenvalue weighted by Gasteiger charge is -2.61. The van der Waals surface area contributed by atoms with Gasteiger partial charge in [0.1, 0.15) is 0 Å². The highest BCUT2D eigenvalue weighted by atomic mass is 16.4. The van der Waals surface area contributed by atoms with E-state index in [1.165, 1.54) is 5.56 Å². The molecular formula is C36H62N4O4. The normalized spacial score (nSPS) is 36.6. The van der Waals surface area contributed by atoms with E-state index in [0.717, 1.165) is 55.2 Å². The number of rotatable bonds is 10. The highest BCUT2D eigenvalue weighted by Gasteiger charge is 2.54. The molecule has 8 unspecified atom stereocenters. The van der Waals surface area contributed by atoms with E-state index in [-0.39, 0.29) is 53.0 Å². The van der Waals surface area contributed by atoms with E-state index >= 15 is 0 Å². The molecule has 8 nitrogen and oxygen atoms in total. The van der Waals surface area contributed by atoms with Gasteiger partial charge in [-0.25, -0.2) is 9.59 Å². The van der Waals surface area contributed by atoms with Crippen molar-refractivity contribution in [1.82, 2.24) is 20.4 Å². The molecule has 0 saturated carbocycles. The number of nitrogens with one attached hydrogen (secondary N) is 2. The predicted molar refractivity (Wildman–Crippen MR) is 180 cm³/mol. The molecule has 250 valence electrons. The van der Waals surface area contributed by atoms with Gasteiger partial charge in [0.25, 0.3) is 0 Å². The first kappa shape index (κ1) is 36.2. The molecule has 0 radical (unpaired) electrons. The van der Waals surface area contributed by atoms with Gasteiger partial charge in [-0.3, -0.25) is 9.80 Å². The zero-order valence-electron chi connectivity index (χ0n) is 29.7. The summed E-state index contributed by atoms with van der Waals surface area (Å²) in [7, 11) is 4.53. The number of benzene rings is 1. The summed E-state index contributed by atoms with van der Waals surface area (Å²) < 4.78 is 0. The van der Waals surface area contributed by atoms with Crippen LogP contribution in [-0.4, -0.2) is 68.5 Å². The molecular weight excluding hydrogens is 552 g/mol. The fraction of sp³-hybridized carbons (Fsp3) is 0.778. The maximum absolute atomic E-state index is 12.0. The van der Waals surface area contributed by atoms with E-state index in [1.807, 2.05) is 0 Å². The zero-order valence-corrected chi connectivity index (χ0v) is 29.7. The molecule has 1 aromatic rings. The lowest BCUT2D eigenvalue weighted by Crippen LogP contribution is -2.64. The number of amides is 2. The monoisotopic (exact) mass is 614 g/mol. The third-order valence-electron chi connectivity index (χ3n) is 13.7. The van der Waals surface area contributed by atoms with Gasteiger partial charge in [-0.15, -0.1) is 0 Å². The molecule has 8 heteroatoms. The maximum atomic E-state index is 12.0. The molecule has 2 aliphatic rings. The second kappa shape index (κ2) is 13.2. The minimum atomic E-state index is -1.06. The number of nitrogens with zero attached hydrogens (tertiary/aromatic N) is 2. The molecule has 2 amide bonds. The van der Waals surface area contributed by atoms with Crippen LogP contribution in [0.15, 0.2) is 12.1 Å². The van der Waals surface area contributed by atoms with Crippen LogP contribution >= 0.6 is 0 Å². The average molecular weight is 615 g/mol. The van der Waals surface area contributed by atoms with E-state index in [9.17, 15) is 19.8 Å². The van der Waals surface area contributed by atoms with Crippen molar-refractivity contribution >= 4 is 12.2 Å². The summed E-state index contributed by atoms with van der Waals surface area (Å²) in [6.45, 7) is 23.7. The Morgan fingerprint density at radius 1 is 0.750 bits per heavy atom. The zero-order chi connectivity index (χ0) is 33.4. The van der Waals surface area contributed by atoms with Crippen molar-refractivity contribution < 1.29 is 19.8 Å². The SMILES string of the molecule is CCC1(C)CC(c2ccc(CNC(=O)O)c(C3CC(C)(CC)N(C)C(C)(CC)C3C)c2CNC(=O)O)C(C)C(C)(CC)N1C. The Morgan fingerprint density at radius 2 is 1.18 bits per heavy atom. The summed E-state index contributed by atoms with van der Waals surface area (Å²) in [6.07, 6.45) is 3.81. The van der Waals surface area contributed by atoms with Gasteiger partial charge in [0, 0.05) is 35.2 Å². The molecule has 4 N–H and O–H groups in total. The Balaban J connectivity index is 2.39. The minimum Gasteiger partial charge on any atom is -0.465 e. The summed E-state index contributed by atoms with van der Waals surface area (Å²) in [5.41, 5.74) is 4.18. The molecule has 0 bridgehead atoms. The second-order valence-corrected chi connectivity index (χ2v) is 15.0. The van der Waals surface area contributed by atoms with Crippen molar-refractivity contribution in [2.45, 2.75) is 155 Å². The molecule has 0 aromatic heterocycles. The molecule has 1 aromatic carbocycles. The van der Waals surface area contributed by atoms with Crippen molar-refractivity contribution in [2.75, 3.05) is 14.1 Å². The van der Waals surface area contributed by atoms with Crippen molar-refractivity contribution in [3.63, 3.8) is 0 Å². The lowest BCUT2D eigenvalue weighted by atomic mass is 9.59. The van der Waals surface area contributed by atoms with E-state index in [2.05, 4.69) is 116 Å². The van der Waals surface area contributed by atoms with Crippen molar-refractivity contribution in [3.8, 4) is 0 Å². The molecule has 2 fully saturated rings. The summed E-state index contributed by atoms with van der Waals surface area (Å²) in [4.78, 5) is 29.0. The van der Waals surface area contributed by atoms with E-state index in [0.29, 0.717) is 5.92 Å². The fourth-order valence-corrected chi connectivity index (χ4v) is 9.12. The van der Waals surface area contributed by atoms with Gasteiger partial charge in [-0.2, -0.15) is 0 Å². The van der Waals surface area contributed by atoms with E-state index < -0.39 is 12.2 Å². The third kappa shape index (κ3) is 6.10. The number of hydrogen-bond acceptors (Lipinski definition) is 4. The minimum absolute atomic E-state index is 0.00839. The van der Waals surface area contributed by atoms with Crippen LogP contribution in [0.5, 0.6) is 0 Å². The Morgan fingerprint density at radius 3 is 1.61 bits per heavy atom. The first-order valence-corrected chi connectivity index (χ1v) is 17.0.